The van der Waals surface area contributed by atoms with Gasteiger partial charge >= 0.3 is 12.1 Å². The van der Waals surface area contributed by atoms with Crippen LogP contribution in [0.3, 0.4) is 0 Å². The molecule has 9 nitrogen and oxygen atoms in total. The van der Waals surface area contributed by atoms with Crippen LogP contribution in [0.4, 0.5) is 4.79 Å². The molecule has 2 atom stereocenters. The Morgan fingerprint density at radius 2 is 2.10 bits per heavy atom. The molecule has 0 fully saturated rings. The second-order valence-corrected chi connectivity index (χ2v) is 8.46. The van der Waals surface area contributed by atoms with Gasteiger partial charge in [0.2, 0.25) is 5.91 Å². The second-order valence-electron chi connectivity index (χ2n) is 6.10. The molecule has 0 aliphatic heterocycles. The third-order valence-electron chi connectivity index (χ3n) is 3.61. The van der Waals surface area contributed by atoms with Crippen molar-refractivity contribution in [3.63, 3.8) is 0 Å². The van der Waals surface area contributed by atoms with E-state index in [1.165, 1.54) is 21.6 Å². The molecule has 0 aliphatic carbocycles. The van der Waals surface area contributed by atoms with Crippen molar-refractivity contribution in [2.24, 2.45) is 5.73 Å². The van der Waals surface area contributed by atoms with Crippen LogP contribution in [0.2, 0.25) is 0 Å². The lowest BCUT2D eigenvalue weighted by Gasteiger charge is -2.15. The number of carbonyl (C=O) groups is 3. The normalized spacial score (nSPS) is 12.6. The molecule has 0 spiro atoms. The van der Waals surface area contributed by atoms with Crippen molar-refractivity contribution < 1.29 is 24.2 Å². The Bertz CT molecular complexity index is 636. The smallest absolute Gasteiger partial charge is 0.407 e. The van der Waals surface area contributed by atoms with Gasteiger partial charge in [-0.3, -0.25) is 4.79 Å². The first-order valence-electron chi connectivity index (χ1n) is 9.34. The molecule has 1 aromatic rings. The predicted molar refractivity (Wildman–Crippen MR) is 114 cm³/mol. The predicted octanol–water partition coefficient (Wildman–Crippen LogP) is 2.03. The number of hydrogen-bond donors (Lipinski definition) is 4. The van der Waals surface area contributed by atoms with Gasteiger partial charge in [-0.15, -0.1) is 0 Å². The first kappa shape index (κ1) is 25.1. The fourth-order valence-corrected chi connectivity index (χ4v) is 4.12. The molecule has 1 aromatic heterocycles. The van der Waals surface area contributed by atoms with Crippen LogP contribution in [0.1, 0.15) is 32.6 Å². The molecule has 2 amide bonds. The van der Waals surface area contributed by atoms with Crippen molar-refractivity contribution in [2.75, 3.05) is 18.9 Å². The monoisotopic (exact) mass is 444 g/mol. The van der Waals surface area contributed by atoms with Crippen LogP contribution in [0, 0.1) is 0 Å². The fraction of sp³-hybridized carbons (Fsp3) is 0.556. The van der Waals surface area contributed by atoms with Gasteiger partial charge in [0.05, 0.1) is 12.6 Å². The van der Waals surface area contributed by atoms with Crippen molar-refractivity contribution in [3.05, 3.63) is 24.4 Å². The molecule has 0 saturated carbocycles. The van der Waals surface area contributed by atoms with Gasteiger partial charge < -0.3 is 26.2 Å². The largest absolute Gasteiger partial charge is 0.480 e. The SMILES string of the molecule is CCCOC(=O)NC(CCCCNC(=O)C(N)CSSc1ccccn1)C(=O)O. The van der Waals surface area contributed by atoms with Crippen LogP contribution in [0.5, 0.6) is 0 Å². The molecular weight excluding hydrogens is 416 g/mol. The lowest BCUT2D eigenvalue weighted by molar-refractivity contribution is -0.139. The standard InChI is InChI=1S/C18H28N4O5S2/c1-2-11-27-18(26)22-14(17(24)25)7-3-5-10-21-16(23)13(19)12-28-29-15-8-4-6-9-20-15/h4,6,8-9,13-14H,2-3,5,7,10-12,19H2,1H3,(H,21,23)(H,22,26)(H,24,25). The molecule has 29 heavy (non-hydrogen) atoms. The van der Waals surface area contributed by atoms with Gasteiger partial charge in [-0.1, -0.05) is 23.8 Å². The Balaban J connectivity index is 2.17. The van der Waals surface area contributed by atoms with Gasteiger partial charge in [0.15, 0.2) is 0 Å². The number of unbranched alkanes of at least 4 members (excludes halogenated alkanes) is 1. The van der Waals surface area contributed by atoms with E-state index in [-0.39, 0.29) is 18.9 Å². The van der Waals surface area contributed by atoms with Gasteiger partial charge in [-0.2, -0.15) is 0 Å². The fourth-order valence-electron chi connectivity index (χ4n) is 2.09. The molecule has 0 radical (unpaired) electrons. The van der Waals surface area contributed by atoms with E-state index in [0.717, 1.165) is 5.03 Å². The van der Waals surface area contributed by atoms with Crippen LogP contribution in [-0.2, 0) is 14.3 Å². The first-order chi connectivity index (χ1) is 13.9. The van der Waals surface area contributed by atoms with Crippen LogP contribution in [-0.4, -0.2) is 59.0 Å². The number of nitrogens with one attached hydrogen (secondary N) is 2. The lowest BCUT2D eigenvalue weighted by atomic mass is 10.1. The number of nitrogens with two attached hydrogens (primary N) is 1. The van der Waals surface area contributed by atoms with Crippen molar-refractivity contribution in [1.82, 2.24) is 15.6 Å². The summed E-state index contributed by atoms with van der Waals surface area (Å²) in [5.74, 6) is -0.931. The molecule has 5 N–H and O–H groups in total. The summed E-state index contributed by atoms with van der Waals surface area (Å²) < 4.78 is 4.83. The number of carbonyl (C=O) groups excluding carboxylic acids is 2. The van der Waals surface area contributed by atoms with Crippen molar-refractivity contribution >= 4 is 39.6 Å². The molecule has 0 bridgehead atoms. The molecule has 162 valence electrons. The van der Waals surface area contributed by atoms with E-state index < -0.39 is 24.1 Å². The number of carboxylic acids is 1. The summed E-state index contributed by atoms with van der Waals surface area (Å²) in [6.45, 7) is 2.47. The Hall–Kier alpha value is -1.98. The van der Waals surface area contributed by atoms with Crippen LogP contribution in [0.25, 0.3) is 0 Å². The third-order valence-corrected chi connectivity index (χ3v) is 5.91. The number of rotatable bonds is 14. The van der Waals surface area contributed by atoms with Crippen molar-refractivity contribution in [3.8, 4) is 0 Å². The minimum Gasteiger partial charge on any atom is -0.480 e. The molecule has 0 aromatic carbocycles. The number of carboxylic acid groups (broad SMARTS) is 1. The zero-order chi connectivity index (χ0) is 21.5. The lowest BCUT2D eigenvalue weighted by Crippen LogP contribution is -2.43. The molecule has 0 saturated heterocycles. The van der Waals surface area contributed by atoms with E-state index in [2.05, 4.69) is 15.6 Å². The van der Waals surface area contributed by atoms with Crippen LogP contribution < -0.4 is 16.4 Å². The summed E-state index contributed by atoms with van der Waals surface area (Å²) in [5, 5.41) is 15.1. The number of aromatic nitrogens is 1. The average Bonchev–Trinajstić information content (AvgIpc) is 2.71. The Morgan fingerprint density at radius 1 is 1.31 bits per heavy atom. The van der Waals surface area contributed by atoms with E-state index in [0.29, 0.717) is 31.6 Å². The summed E-state index contributed by atoms with van der Waals surface area (Å²) >= 11 is 0. The Morgan fingerprint density at radius 3 is 2.76 bits per heavy atom. The summed E-state index contributed by atoms with van der Waals surface area (Å²) in [7, 11) is 2.91. The Kier molecular flexibility index (Phi) is 12.9. The van der Waals surface area contributed by atoms with E-state index in [4.69, 9.17) is 15.6 Å². The number of aliphatic carboxylic acids is 1. The third kappa shape index (κ3) is 11.6. The number of nitrogens with zero attached hydrogens (tertiary/aromatic N) is 1. The number of ether oxygens (including phenoxy) is 1. The minimum atomic E-state index is -1.12. The van der Waals surface area contributed by atoms with E-state index in [9.17, 15) is 14.4 Å². The maximum Gasteiger partial charge on any atom is 0.407 e. The van der Waals surface area contributed by atoms with Gasteiger partial charge in [-0.25, -0.2) is 14.6 Å². The summed E-state index contributed by atoms with van der Waals surface area (Å²) in [6.07, 6.45) is 2.96. The average molecular weight is 445 g/mol. The Labute approximate surface area is 178 Å². The van der Waals surface area contributed by atoms with Crippen molar-refractivity contribution in [2.45, 2.75) is 49.7 Å². The topological polar surface area (TPSA) is 144 Å². The van der Waals surface area contributed by atoms with E-state index in [1.807, 2.05) is 25.1 Å². The van der Waals surface area contributed by atoms with Crippen LogP contribution in [0.15, 0.2) is 29.4 Å². The number of amides is 2. The summed E-state index contributed by atoms with van der Waals surface area (Å²) in [4.78, 5) is 38.8. The molecule has 1 heterocycles. The molecule has 0 aliphatic rings. The highest BCUT2D eigenvalue weighted by Crippen LogP contribution is 2.29. The quantitative estimate of drug-likeness (QED) is 0.250. The zero-order valence-electron chi connectivity index (χ0n) is 16.3. The molecule has 1 rings (SSSR count). The number of pyridine rings is 1. The van der Waals surface area contributed by atoms with Gasteiger partial charge in [0.25, 0.3) is 0 Å². The van der Waals surface area contributed by atoms with Gasteiger partial charge in [0.1, 0.15) is 11.1 Å². The molecule has 11 heteroatoms. The minimum absolute atomic E-state index is 0.239. The number of hydrogen-bond acceptors (Lipinski definition) is 8. The van der Waals surface area contributed by atoms with Crippen molar-refractivity contribution in [1.29, 1.82) is 0 Å². The highest BCUT2D eigenvalue weighted by atomic mass is 33.1. The first-order valence-corrected chi connectivity index (χ1v) is 11.7. The zero-order valence-corrected chi connectivity index (χ0v) is 18.0. The highest BCUT2D eigenvalue weighted by molar-refractivity contribution is 8.76. The maximum atomic E-state index is 12.0. The molecular formula is C18H28N4O5S2. The van der Waals surface area contributed by atoms with E-state index in [1.54, 1.807) is 6.20 Å². The van der Waals surface area contributed by atoms with Gasteiger partial charge in [-0.05, 0) is 48.6 Å². The highest BCUT2D eigenvalue weighted by Gasteiger charge is 2.20. The maximum absolute atomic E-state index is 12.0. The van der Waals surface area contributed by atoms with Crippen LogP contribution >= 0.6 is 21.6 Å². The molecule has 2 unspecified atom stereocenters. The summed E-state index contributed by atoms with van der Waals surface area (Å²) in [5.41, 5.74) is 5.87. The number of alkyl carbamates (subject to hydrolysis) is 1. The van der Waals surface area contributed by atoms with Gasteiger partial charge in [0, 0.05) is 18.5 Å². The summed E-state index contributed by atoms with van der Waals surface area (Å²) in [6, 6.07) is 3.95. The second kappa shape index (κ2) is 14.9. The van der Waals surface area contributed by atoms with E-state index >= 15 is 0 Å².